The van der Waals surface area contributed by atoms with E-state index in [2.05, 4.69) is 5.32 Å². The van der Waals surface area contributed by atoms with Crippen molar-refractivity contribution in [3.63, 3.8) is 0 Å². The number of hydrogen-bond acceptors (Lipinski definition) is 5. The van der Waals surface area contributed by atoms with Crippen molar-refractivity contribution < 1.29 is 19.0 Å². The maximum absolute atomic E-state index is 13.6. The first kappa shape index (κ1) is 15.5. The van der Waals surface area contributed by atoms with Crippen LogP contribution in [0, 0.1) is 5.82 Å². The average molecular weight is 272 g/mol. The number of aliphatic hydroxyl groups excluding tert-OH is 1. The summed E-state index contributed by atoms with van der Waals surface area (Å²) in [6.45, 7) is 4.09. The summed E-state index contributed by atoms with van der Waals surface area (Å²) in [5.41, 5.74) is 6.49. The van der Waals surface area contributed by atoms with Crippen LogP contribution >= 0.6 is 0 Å². The lowest BCUT2D eigenvalue weighted by atomic mass is 10.2. The molecule has 0 saturated carbocycles. The highest BCUT2D eigenvalue weighted by atomic mass is 19.1. The minimum atomic E-state index is -0.663. The van der Waals surface area contributed by atoms with Crippen LogP contribution in [0.1, 0.15) is 13.8 Å². The number of nitrogens with two attached hydrogens (primary N) is 1. The van der Waals surface area contributed by atoms with Gasteiger partial charge in [-0.2, -0.15) is 0 Å². The molecule has 6 heteroatoms. The molecule has 0 aliphatic carbocycles. The standard InChI is InChI=1S/C13H21FN2O3/c1-8(2)19-13-5-12(11(15)4-10(13)14)16-6-9(17)7-18-3/h4-5,8-9,16-17H,6-7,15H2,1-3H3. The third-order valence-electron chi connectivity index (χ3n) is 2.35. The molecule has 0 aromatic heterocycles. The lowest BCUT2D eigenvalue weighted by Gasteiger charge is -2.16. The summed E-state index contributed by atoms with van der Waals surface area (Å²) in [7, 11) is 1.50. The van der Waals surface area contributed by atoms with Crippen LogP contribution in [-0.4, -0.2) is 37.6 Å². The maximum atomic E-state index is 13.6. The van der Waals surface area contributed by atoms with Crippen molar-refractivity contribution in [1.82, 2.24) is 0 Å². The quantitative estimate of drug-likeness (QED) is 0.657. The molecule has 19 heavy (non-hydrogen) atoms. The molecule has 1 unspecified atom stereocenters. The van der Waals surface area contributed by atoms with Crippen molar-refractivity contribution in [1.29, 1.82) is 0 Å². The van der Waals surface area contributed by atoms with Gasteiger partial charge in [-0.15, -0.1) is 0 Å². The third kappa shape index (κ3) is 4.92. The van der Waals surface area contributed by atoms with Gasteiger partial charge in [0.05, 0.1) is 30.2 Å². The van der Waals surface area contributed by atoms with Crippen LogP contribution < -0.4 is 15.8 Å². The molecule has 1 aromatic rings. The number of anilines is 2. The first-order valence-electron chi connectivity index (χ1n) is 6.10. The van der Waals surface area contributed by atoms with E-state index in [1.807, 2.05) is 13.8 Å². The fourth-order valence-corrected chi connectivity index (χ4v) is 1.55. The van der Waals surface area contributed by atoms with Gasteiger partial charge in [-0.05, 0) is 13.8 Å². The van der Waals surface area contributed by atoms with Crippen molar-refractivity contribution in [2.75, 3.05) is 31.3 Å². The van der Waals surface area contributed by atoms with E-state index in [4.69, 9.17) is 15.2 Å². The van der Waals surface area contributed by atoms with Gasteiger partial charge < -0.3 is 25.6 Å². The zero-order chi connectivity index (χ0) is 14.4. The molecule has 0 amide bonds. The minimum absolute atomic E-state index is 0.132. The molecule has 1 atom stereocenters. The lowest BCUT2D eigenvalue weighted by Crippen LogP contribution is -2.24. The topological polar surface area (TPSA) is 76.7 Å². The Bertz CT molecular complexity index is 413. The maximum Gasteiger partial charge on any atom is 0.167 e. The van der Waals surface area contributed by atoms with E-state index in [-0.39, 0.29) is 30.7 Å². The number of aliphatic hydroxyl groups is 1. The smallest absolute Gasteiger partial charge is 0.167 e. The fourth-order valence-electron chi connectivity index (χ4n) is 1.55. The van der Waals surface area contributed by atoms with Crippen LogP contribution in [0.2, 0.25) is 0 Å². The summed E-state index contributed by atoms with van der Waals surface area (Å²) in [5, 5.41) is 12.5. The summed E-state index contributed by atoms with van der Waals surface area (Å²) >= 11 is 0. The van der Waals surface area contributed by atoms with E-state index in [0.29, 0.717) is 5.69 Å². The minimum Gasteiger partial charge on any atom is -0.488 e. The van der Waals surface area contributed by atoms with Crippen LogP contribution in [-0.2, 0) is 4.74 Å². The number of halogens is 1. The molecule has 0 spiro atoms. The summed E-state index contributed by atoms with van der Waals surface area (Å²) < 4.78 is 23.8. The zero-order valence-corrected chi connectivity index (χ0v) is 11.4. The van der Waals surface area contributed by atoms with Crippen molar-refractivity contribution in [2.24, 2.45) is 0 Å². The highest BCUT2D eigenvalue weighted by Gasteiger charge is 2.11. The number of rotatable bonds is 7. The van der Waals surface area contributed by atoms with Crippen LogP contribution in [0.4, 0.5) is 15.8 Å². The molecule has 0 bridgehead atoms. The largest absolute Gasteiger partial charge is 0.488 e. The monoisotopic (exact) mass is 272 g/mol. The Morgan fingerprint density at radius 2 is 2.11 bits per heavy atom. The number of benzene rings is 1. The molecule has 0 aliphatic rings. The Morgan fingerprint density at radius 3 is 2.68 bits per heavy atom. The van der Waals surface area contributed by atoms with E-state index < -0.39 is 11.9 Å². The SMILES string of the molecule is COCC(O)CNc1cc(OC(C)C)c(F)cc1N. The Balaban J connectivity index is 2.77. The van der Waals surface area contributed by atoms with Crippen molar-refractivity contribution in [3.8, 4) is 5.75 Å². The van der Waals surface area contributed by atoms with Crippen LogP contribution in [0.3, 0.4) is 0 Å². The molecule has 0 radical (unpaired) electrons. The molecule has 0 aliphatic heterocycles. The van der Waals surface area contributed by atoms with Gasteiger partial charge >= 0.3 is 0 Å². The van der Waals surface area contributed by atoms with Crippen LogP contribution in [0.25, 0.3) is 0 Å². The zero-order valence-electron chi connectivity index (χ0n) is 11.4. The van der Waals surface area contributed by atoms with E-state index >= 15 is 0 Å². The van der Waals surface area contributed by atoms with Crippen molar-refractivity contribution in [3.05, 3.63) is 17.9 Å². The van der Waals surface area contributed by atoms with Crippen LogP contribution in [0.15, 0.2) is 12.1 Å². The molecule has 5 nitrogen and oxygen atoms in total. The highest BCUT2D eigenvalue weighted by molar-refractivity contribution is 5.68. The van der Waals surface area contributed by atoms with Gasteiger partial charge in [0.25, 0.3) is 0 Å². The molecule has 0 heterocycles. The highest BCUT2D eigenvalue weighted by Crippen LogP contribution is 2.28. The van der Waals surface area contributed by atoms with Gasteiger partial charge in [-0.3, -0.25) is 0 Å². The van der Waals surface area contributed by atoms with Crippen molar-refractivity contribution in [2.45, 2.75) is 26.1 Å². The molecule has 1 rings (SSSR count). The molecule has 1 aromatic carbocycles. The van der Waals surface area contributed by atoms with E-state index in [1.54, 1.807) is 0 Å². The molecule has 108 valence electrons. The Kier molecular flexibility index (Phi) is 5.85. The second-order valence-corrected chi connectivity index (χ2v) is 4.53. The van der Waals surface area contributed by atoms with Crippen LogP contribution in [0.5, 0.6) is 5.75 Å². The van der Waals surface area contributed by atoms with E-state index in [1.165, 1.54) is 19.2 Å². The molecule has 0 fully saturated rings. The number of nitrogen functional groups attached to an aromatic ring is 1. The number of ether oxygens (including phenoxy) is 2. The van der Waals surface area contributed by atoms with Gasteiger partial charge in [-0.25, -0.2) is 4.39 Å². The second kappa shape index (κ2) is 7.16. The first-order valence-corrected chi connectivity index (χ1v) is 6.10. The Hall–Kier alpha value is -1.53. The summed E-state index contributed by atoms with van der Waals surface area (Å²) in [6, 6.07) is 2.69. The van der Waals surface area contributed by atoms with Gasteiger partial charge in [0, 0.05) is 25.8 Å². The lowest BCUT2D eigenvalue weighted by molar-refractivity contribution is 0.0727. The molecular formula is C13H21FN2O3. The molecule has 4 N–H and O–H groups in total. The molecule has 0 saturated heterocycles. The van der Waals surface area contributed by atoms with Gasteiger partial charge in [0.1, 0.15) is 0 Å². The van der Waals surface area contributed by atoms with Crippen molar-refractivity contribution >= 4 is 11.4 Å². The van der Waals surface area contributed by atoms with Gasteiger partial charge in [0.15, 0.2) is 11.6 Å². The summed E-state index contributed by atoms with van der Waals surface area (Å²) in [4.78, 5) is 0. The van der Waals surface area contributed by atoms with Gasteiger partial charge in [0.2, 0.25) is 0 Å². The molecular weight excluding hydrogens is 251 g/mol. The average Bonchev–Trinajstić information content (AvgIpc) is 2.31. The number of hydrogen-bond donors (Lipinski definition) is 3. The predicted molar refractivity (Wildman–Crippen MR) is 72.9 cm³/mol. The third-order valence-corrected chi connectivity index (χ3v) is 2.35. The van der Waals surface area contributed by atoms with Gasteiger partial charge in [-0.1, -0.05) is 0 Å². The predicted octanol–water partition coefficient (Wildman–Crippen LogP) is 1.61. The second-order valence-electron chi connectivity index (χ2n) is 4.53. The Morgan fingerprint density at radius 1 is 1.42 bits per heavy atom. The number of methoxy groups -OCH3 is 1. The summed E-state index contributed by atoms with van der Waals surface area (Å²) in [6.07, 6.45) is -0.797. The van der Waals surface area contributed by atoms with E-state index in [0.717, 1.165) is 0 Å². The summed E-state index contributed by atoms with van der Waals surface area (Å²) in [5.74, 6) is -0.373. The number of nitrogens with one attached hydrogen (secondary N) is 1. The Labute approximate surface area is 112 Å². The first-order chi connectivity index (χ1) is 8.93. The fraction of sp³-hybridized carbons (Fsp3) is 0.538. The normalized spacial score (nSPS) is 12.5. The van der Waals surface area contributed by atoms with E-state index in [9.17, 15) is 9.50 Å².